The van der Waals surface area contributed by atoms with Crippen LogP contribution in [-0.4, -0.2) is 16.5 Å². The fourth-order valence-electron chi connectivity index (χ4n) is 2.96. The summed E-state index contributed by atoms with van der Waals surface area (Å²) in [5, 5.41) is 8.02. The van der Waals surface area contributed by atoms with Crippen LogP contribution in [0.3, 0.4) is 0 Å². The number of aromatic amines is 1. The van der Waals surface area contributed by atoms with Crippen LogP contribution in [0.4, 0.5) is 4.39 Å². The largest absolute Gasteiger partial charge is 0.309 e. The van der Waals surface area contributed by atoms with Crippen molar-refractivity contribution < 1.29 is 4.39 Å². The highest BCUT2D eigenvalue weighted by Gasteiger charge is 2.16. The van der Waals surface area contributed by atoms with Gasteiger partial charge in [-0.2, -0.15) is 0 Å². The molecule has 0 amide bonds. The zero-order valence-electron chi connectivity index (χ0n) is 14.7. The third-order valence-corrected chi connectivity index (χ3v) is 6.21. The summed E-state index contributed by atoms with van der Waals surface area (Å²) < 4.78 is 13.0. The molecule has 0 saturated heterocycles. The average molecular weight is 400 g/mol. The van der Waals surface area contributed by atoms with Crippen molar-refractivity contribution in [3.05, 3.63) is 74.7 Å². The number of rotatable bonds is 6. The molecule has 4 aromatic rings. The highest BCUT2D eigenvalue weighted by Crippen LogP contribution is 2.33. The lowest BCUT2D eigenvalue weighted by molar-refractivity contribution is 0.549. The number of fused-ring (bicyclic) bond motifs is 1. The van der Waals surface area contributed by atoms with Crippen LogP contribution >= 0.6 is 22.7 Å². The minimum Gasteiger partial charge on any atom is -0.309 e. The molecule has 0 radical (unpaired) electrons. The third kappa shape index (κ3) is 3.85. The maximum atomic E-state index is 13.0. The van der Waals surface area contributed by atoms with Crippen LogP contribution in [0, 0.1) is 5.82 Å². The normalized spacial score (nSPS) is 12.5. The molecule has 138 valence electrons. The topological polar surface area (TPSA) is 57.8 Å². The number of H-pyrrole nitrogens is 1. The lowest BCUT2D eigenvalue weighted by Gasteiger charge is -2.13. The lowest BCUT2D eigenvalue weighted by Crippen LogP contribution is -2.25. The number of aromatic nitrogens is 2. The van der Waals surface area contributed by atoms with E-state index in [2.05, 4.69) is 15.3 Å². The number of halogens is 1. The molecule has 4 rings (SSSR count). The monoisotopic (exact) mass is 399 g/mol. The predicted octanol–water partition coefficient (Wildman–Crippen LogP) is 4.75. The molecule has 0 unspecified atom stereocenters. The molecule has 0 aliphatic rings. The van der Waals surface area contributed by atoms with Gasteiger partial charge in [-0.15, -0.1) is 22.7 Å². The van der Waals surface area contributed by atoms with E-state index in [4.69, 9.17) is 0 Å². The van der Waals surface area contributed by atoms with Crippen molar-refractivity contribution in [2.24, 2.45) is 0 Å². The summed E-state index contributed by atoms with van der Waals surface area (Å²) in [5.74, 6) is 0.402. The first-order chi connectivity index (χ1) is 13.1. The Labute approximate surface area is 163 Å². The van der Waals surface area contributed by atoms with E-state index >= 15 is 0 Å². The molecule has 2 N–H and O–H groups in total. The molecule has 0 spiro atoms. The van der Waals surface area contributed by atoms with E-state index in [1.165, 1.54) is 23.5 Å². The Morgan fingerprint density at radius 1 is 1.22 bits per heavy atom. The van der Waals surface area contributed by atoms with Crippen molar-refractivity contribution in [1.29, 1.82) is 0 Å². The third-order valence-electron chi connectivity index (χ3n) is 4.44. The van der Waals surface area contributed by atoms with Crippen molar-refractivity contribution >= 4 is 32.9 Å². The molecule has 1 atom stereocenters. The van der Waals surface area contributed by atoms with Gasteiger partial charge in [-0.25, -0.2) is 9.37 Å². The molecule has 0 aliphatic heterocycles. The molecule has 0 aliphatic carbocycles. The van der Waals surface area contributed by atoms with Crippen LogP contribution in [0.5, 0.6) is 0 Å². The van der Waals surface area contributed by atoms with Crippen molar-refractivity contribution in [1.82, 2.24) is 15.3 Å². The maximum absolute atomic E-state index is 13.0. The average Bonchev–Trinajstić information content (AvgIpc) is 3.32. The second-order valence-electron chi connectivity index (χ2n) is 6.31. The second-order valence-corrected chi connectivity index (χ2v) is 8.12. The molecule has 3 aromatic heterocycles. The van der Waals surface area contributed by atoms with Crippen LogP contribution in [0.2, 0.25) is 0 Å². The number of benzene rings is 1. The highest BCUT2D eigenvalue weighted by atomic mass is 32.1. The zero-order valence-corrected chi connectivity index (χ0v) is 16.3. The zero-order chi connectivity index (χ0) is 18.8. The van der Waals surface area contributed by atoms with Crippen molar-refractivity contribution in [3.8, 4) is 10.4 Å². The van der Waals surface area contributed by atoms with E-state index in [1.54, 1.807) is 23.5 Å². The molecular weight excluding hydrogens is 381 g/mol. The SMILES string of the molecule is C[C@@H](NCCc1ccc(F)cc1)c1nc2scc(-c3cccs3)c2c(=O)[nH]1. The first kappa shape index (κ1) is 18.0. The smallest absolute Gasteiger partial charge is 0.260 e. The summed E-state index contributed by atoms with van der Waals surface area (Å²) in [6, 6.07) is 10.4. The molecule has 1 aromatic carbocycles. The Hall–Kier alpha value is -2.35. The predicted molar refractivity (Wildman–Crippen MR) is 110 cm³/mol. The molecule has 4 nitrogen and oxygen atoms in total. The second kappa shape index (κ2) is 7.72. The van der Waals surface area contributed by atoms with Gasteiger partial charge < -0.3 is 10.3 Å². The van der Waals surface area contributed by atoms with Gasteiger partial charge in [-0.3, -0.25) is 4.79 Å². The summed E-state index contributed by atoms with van der Waals surface area (Å²) >= 11 is 3.11. The fourth-order valence-corrected chi connectivity index (χ4v) is 4.73. The Morgan fingerprint density at radius 2 is 2.04 bits per heavy atom. The van der Waals surface area contributed by atoms with Crippen molar-refractivity contribution in [3.63, 3.8) is 0 Å². The first-order valence-corrected chi connectivity index (χ1v) is 10.4. The van der Waals surface area contributed by atoms with Gasteiger partial charge in [0, 0.05) is 15.8 Å². The summed E-state index contributed by atoms with van der Waals surface area (Å²) in [6.45, 7) is 2.68. The quantitative estimate of drug-likeness (QED) is 0.492. The molecular formula is C20H18FN3OS2. The van der Waals surface area contributed by atoms with Crippen LogP contribution < -0.4 is 10.9 Å². The Bertz CT molecular complexity index is 1100. The number of hydrogen-bond donors (Lipinski definition) is 2. The summed E-state index contributed by atoms with van der Waals surface area (Å²) in [7, 11) is 0. The molecule has 0 saturated carbocycles. The molecule has 27 heavy (non-hydrogen) atoms. The molecule has 0 fully saturated rings. The highest BCUT2D eigenvalue weighted by molar-refractivity contribution is 7.18. The minimum absolute atomic E-state index is 0.0881. The van der Waals surface area contributed by atoms with E-state index in [1.807, 2.05) is 29.8 Å². The summed E-state index contributed by atoms with van der Waals surface area (Å²) in [5.41, 5.74) is 1.90. The lowest BCUT2D eigenvalue weighted by atomic mass is 10.1. The van der Waals surface area contributed by atoms with E-state index in [-0.39, 0.29) is 17.4 Å². The van der Waals surface area contributed by atoms with Gasteiger partial charge in [0.15, 0.2) is 0 Å². The first-order valence-electron chi connectivity index (χ1n) is 8.65. The number of nitrogens with zero attached hydrogens (tertiary/aromatic N) is 1. The number of nitrogens with one attached hydrogen (secondary N) is 2. The Balaban J connectivity index is 1.50. The standard InChI is InChI=1S/C20H18FN3OS2/c1-12(22-9-8-13-4-6-14(21)7-5-13)18-23-19(25)17-15(11-27-20(17)24-18)16-3-2-10-26-16/h2-7,10-12,22H,8-9H2,1H3,(H,23,24,25)/t12-/m1/s1. The van der Waals surface area contributed by atoms with Crippen LogP contribution in [0.15, 0.2) is 52.0 Å². The Kier molecular flexibility index (Phi) is 5.15. The molecule has 3 heterocycles. The van der Waals surface area contributed by atoms with Crippen LogP contribution in [0.25, 0.3) is 20.7 Å². The number of thiophene rings is 2. The van der Waals surface area contributed by atoms with Crippen LogP contribution in [-0.2, 0) is 6.42 Å². The number of hydrogen-bond acceptors (Lipinski definition) is 5. The maximum Gasteiger partial charge on any atom is 0.260 e. The van der Waals surface area contributed by atoms with Gasteiger partial charge in [0.05, 0.1) is 11.4 Å². The van der Waals surface area contributed by atoms with E-state index in [9.17, 15) is 9.18 Å². The van der Waals surface area contributed by atoms with Gasteiger partial charge in [0.2, 0.25) is 0 Å². The van der Waals surface area contributed by atoms with Crippen molar-refractivity contribution in [2.45, 2.75) is 19.4 Å². The van der Waals surface area contributed by atoms with E-state index in [0.717, 1.165) is 27.3 Å². The molecule has 7 heteroatoms. The van der Waals surface area contributed by atoms with Gasteiger partial charge in [-0.1, -0.05) is 18.2 Å². The Morgan fingerprint density at radius 3 is 2.78 bits per heavy atom. The van der Waals surface area contributed by atoms with Gasteiger partial charge >= 0.3 is 0 Å². The fraction of sp³-hybridized carbons (Fsp3) is 0.200. The van der Waals surface area contributed by atoms with Gasteiger partial charge in [0.25, 0.3) is 5.56 Å². The van der Waals surface area contributed by atoms with Gasteiger partial charge in [0.1, 0.15) is 16.5 Å². The minimum atomic E-state index is -0.229. The summed E-state index contributed by atoms with van der Waals surface area (Å²) in [6.07, 6.45) is 0.776. The van der Waals surface area contributed by atoms with E-state index < -0.39 is 0 Å². The summed E-state index contributed by atoms with van der Waals surface area (Å²) in [4.78, 5) is 22.1. The molecule has 0 bridgehead atoms. The van der Waals surface area contributed by atoms with Crippen molar-refractivity contribution in [2.75, 3.05) is 6.54 Å². The van der Waals surface area contributed by atoms with Crippen LogP contribution in [0.1, 0.15) is 24.4 Å². The van der Waals surface area contributed by atoms with Gasteiger partial charge in [-0.05, 0) is 49.0 Å². The van der Waals surface area contributed by atoms with E-state index in [0.29, 0.717) is 17.8 Å².